The SMILES string of the molecule is CC1(C)CN(S(=O)(=O)c2ccc(OCc3ccc(F)cc3)cc2)[C@H](OC(=O)NO)CO1. The summed E-state index contributed by atoms with van der Waals surface area (Å²) < 4.78 is 56.5. The van der Waals surface area contributed by atoms with Gasteiger partial charge >= 0.3 is 6.09 Å². The molecular formula is C20H23FN2O7S. The highest BCUT2D eigenvalue weighted by molar-refractivity contribution is 7.89. The summed E-state index contributed by atoms with van der Waals surface area (Å²) in [6, 6.07) is 11.6. The van der Waals surface area contributed by atoms with Gasteiger partial charge in [-0.1, -0.05) is 12.1 Å². The van der Waals surface area contributed by atoms with Crippen molar-refractivity contribution in [2.24, 2.45) is 0 Å². The highest BCUT2D eigenvalue weighted by atomic mass is 32.2. The van der Waals surface area contributed by atoms with Crippen molar-refractivity contribution >= 4 is 16.1 Å². The molecule has 1 aliphatic rings. The second kappa shape index (κ2) is 9.18. The van der Waals surface area contributed by atoms with Crippen LogP contribution in [0.25, 0.3) is 0 Å². The zero-order chi connectivity index (χ0) is 22.6. The molecule has 0 aliphatic carbocycles. The molecule has 3 rings (SSSR count). The van der Waals surface area contributed by atoms with Gasteiger partial charge in [0.25, 0.3) is 0 Å². The third-order valence-corrected chi connectivity index (χ3v) is 6.41. The van der Waals surface area contributed by atoms with Crippen molar-refractivity contribution in [2.75, 3.05) is 13.2 Å². The van der Waals surface area contributed by atoms with E-state index >= 15 is 0 Å². The summed E-state index contributed by atoms with van der Waals surface area (Å²) in [6.07, 6.45) is -2.45. The Morgan fingerprint density at radius 1 is 1.23 bits per heavy atom. The normalized spacial score (nSPS) is 18.9. The minimum atomic E-state index is -4.06. The number of hydrogen-bond acceptors (Lipinski definition) is 7. The topological polar surface area (TPSA) is 114 Å². The largest absolute Gasteiger partial charge is 0.489 e. The number of nitrogens with one attached hydrogen (secondary N) is 1. The van der Waals surface area contributed by atoms with E-state index in [1.807, 2.05) is 0 Å². The Kier molecular flexibility index (Phi) is 6.80. The fourth-order valence-electron chi connectivity index (χ4n) is 2.98. The Hall–Kier alpha value is -2.73. The van der Waals surface area contributed by atoms with Crippen LogP contribution >= 0.6 is 0 Å². The van der Waals surface area contributed by atoms with Gasteiger partial charge < -0.3 is 14.2 Å². The molecule has 1 fully saturated rings. The Labute approximate surface area is 179 Å². The first-order valence-corrected chi connectivity index (χ1v) is 10.8. The first-order chi connectivity index (χ1) is 14.6. The summed E-state index contributed by atoms with van der Waals surface area (Å²) in [4.78, 5) is 11.4. The van der Waals surface area contributed by atoms with Gasteiger partial charge in [-0.25, -0.2) is 23.1 Å². The van der Waals surface area contributed by atoms with Gasteiger partial charge in [0.05, 0.1) is 17.1 Å². The van der Waals surface area contributed by atoms with Gasteiger partial charge in [0, 0.05) is 6.54 Å². The molecule has 1 heterocycles. The minimum absolute atomic E-state index is 0.0302. The lowest BCUT2D eigenvalue weighted by Crippen LogP contribution is -2.57. The van der Waals surface area contributed by atoms with Gasteiger partial charge in [-0.05, 0) is 55.8 Å². The number of hydroxylamine groups is 1. The summed E-state index contributed by atoms with van der Waals surface area (Å²) in [5.41, 5.74) is 1.26. The van der Waals surface area contributed by atoms with Crippen LogP contribution in [0.2, 0.25) is 0 Å². The summed E-state index contributed by atoms with van der Waals surface area (Å²) >= 11 is 0. The van der Waals surface area contributed by atoms with Gasteiger partial charge in [-0.2, -0.15) is 4.31 Å². The molecule has 31 heavy (non-hydrogen) atoms. The summed E-state index contributed by atoms with van der Waals surface area (Å²) in [7, 11) is -4.06. The fraction of sp³-hybridized carbons (Fsp3) is 0.350. The van der Waals surface area contributed by atoms with Crippen LogP contribution < -0.4 is 10.2 Å². The molecule has 2 aromatic carbocycles. The quantitative estimate of drug-likeness (QED) is 0.509. The highest BCUT2D eigenvalue weighted by Crippen LogP contribution is 2.29. The molecule has 1 saturated heterocycles. The van der Waals surface area contributed by atoms with Gasteiger partial charge in [-0.15, -0.1) is 0 Å². The molecule has 1 atom stereocenters. The average molecular weight is 454 g/mol. The van der Waals surface area contributed by atoms with Crippen LogP contribution in [-0.4, -0.2) is 49.0 Å². The molecule has 0 unspecified atom stereocenters. The van der Waals surface area contributed by atoms with E-state index in [1.165, 1.54) is 41.9 Å². The summed E-state index contributed by atoms with van der Waals surface area (Å²) in [5, 5.41) is 8.69. The van der Waals surface area contributed by atoms with Crippen molar-refractivity contribution in [3.63, 3.8) is 0 Å². The molecule has 2 aromatic rings. The maximum absolute atomic E-state index is 13.2. The number of carbonyl (C=O) groups is 1. The second-order valence-electron chi connectivity index (χ2n) is 7.48. The molecule has 0 spiro atoms. The molecule has 1 amide bonds. The number of ether oxygens (including phenoxy) is 3. The maximum atomic E-state index is 13.2. The average Bonchev–Trinajstić information content (AvgIpc) is 2.74. The summed E-state index contributed by atoms with van der Waals surface area (Å²) in [6.45, 7) is 3.35. The molecule has 11 heteroatoms. The number of hydrogen-bond donors (Lipinski definition) is 2. The highest BCUT2D eigenvalue weighted by Gasteiger charge is 2.43. The number of benzene rings is 2. The van der Waals surface area contributed by atoms with Crippen molar-refractivity contribution in [3.8, 4) is 5.75 Å². The molecule has 9 nitrogen and oxygen atoms in total. The molecule has 0 radical (unpaired) electrons. The number of rotatable bonds is 6. The number of amides is 1. The second-order valence-corrected chi connectivity index (χ2v) is 9.37. The predicted octanol–water partition coefficient (Wildman–Crippen LogP) is 2.65. The minimum Gasteiger partial charge on any atom is -0.489 e. The van der Waals surface area contributed by atoms with Crippen molar-refractivity contribution in [2.45, 2.75) is 37.2 Å². The van der Waals surface area contributed by atoms with E-state index in [9.17, 15) is 17.6 Å². The lowest BCUT2D eigenvalue weighted by Gasteiger charge is -2.41. The van der Waals surface area contributed by atoms with E-state index in [1.54, 1.807) is 26.0 Å². The monoisotopic (exact) mass is 454 g/mol. The lowest BCUT2D eigenvalue weighted by molar-refractivity contribution is -0.148. The van der Waals surface area contributed by atoms with Crippen LogP contribution in [0, 0.1) is 5.82 Å². The van der Waals surface area contributed by atoms with Crippen LogP contribution in [0.15, 0.2) is 53.4 Å². The van der Waals surface area contributed by atoms with E-state index in [0.717, 1.165) is 9.87 Å². The standard InChI is InChI=1S/C20H23FN2O7S/c1-20(2)13-23(18(12-29-20)30-19(24)22-25)31(26,27)17-9-7-16(8-10-17)28-11-14-3-5-15(21)6-4-14/h3-10,18,25H,11-13H2,1-2H3,(H,22,24)/t18-/m1/s1. The van der Waals surface area contributed by atoms with E-state index in [4.69, 9.17) is 19.4 Å². The van der Waals surface area contributed by atoms with E-state index in [0.29, 0.717) is 5.75 Å². The van der Waals surface area contributed by atoms with E-state index in [-0.39, 0.29) is 30.5 Å². The Morgan fingerprint density at radius 3 is 2.48 bits per heavy atom. The lowest BCUT2D eigenvalue weighted by atomic mass is 10.1. The van der Waals surface area contributed by atoms with E-state index in [2.05, 4.69) is 0 Å². The zero-order valence-electron chi connectivity index (χ0n) is 16.9. The van der Waals surface area contributed by atoms with Crippen LogP contribution in [0.3, 0.4) is 0 Å². The maximum Gasteiger partial charge on any atom is 0.432 e. The van der Waals surface area contributed by atoms with Gasteiger partial charge in [0.15, 0.2) is 6.23 Å². The first kappa shape index (κ1) is 22.9. The Balaban J connectivity index is 1.75. The van der Waals surface area contributed by atoms with Crippen LogP contribution in [0.5, 0.6) is 5.75 Å². The van der Waals surface area contributed by atoms with Crippen molar-refractivity contribution in [1.29, 1.82) is 0 Å². The smallest absolute Gasteiger partial charge is 0.432 e. The number of carbonyl (C=O) groups excluding carboxylic acids is 1. The van der Waals surface area contributed by atoms with Gasteiger partial charge in [0.1, 0.15) is 18.2 Å². The third-order valence-electron chi connectivity index (χ3n) is 4.56. The molecule has 168 valence electrons. The van der Waals surface area contributed by atoms with Crippen LogP contribution in [0.4, 0.5) is 9.18 Å². The Morgan fingerprint density at radius 2 is 1.87 bits per heavy atom. The van der Waals surface area contributed by atoms with Crippen molar-refractivity contribution in [3.05, 3.63) is 59.9 Å². The van der Waals surface area contributed by atoms with Gasteiger partial charge in [0.2, 0.25) is 10.0 Å². The number of sulfonamides is 1. The van der Waals surface area contributed by atoms with E-state index < -0.39 is 27.9 Å². The first-order valence-electron chi connectivity index (χ1n) is 9.34. The number of morpholine rings is 1. The van der Waals surface area contributed by atoms with Crippen LogP contribution in [-0.2, 0) is 26.1 Å². The van der Waals surface area contributed by atoms with Crippen molar-refractivity contribution in [1.82, 2.24) is 9.79 Å². The summed E-state index contributed by atoms with van der Waals surface area (Å²) in [5.74, 6) is 0.0846. The zero-order valence-corrected chi connectivity index (χ0v) is 17.8. The number of nitrogens with zero attached hydrogens (tertiary/aromatic N) is 1. The third kappa shape index (κ3) is 5.70. The predicted molar refractivity (Wildman–Crippen MR) is 106 cm³/mol. The number of halogens is 1. The van der Waals surface area contributed by atoms with Crippen LogP contribution in [0.1, 0.15) is 19.4 Å². The molecular weight excluding hydrogens is 431 g/mol. The molecule has 0 saturated carbocycles. The molecule has 1 aliphatic heterocycles. The van der Waals surface area contributed by atoms with Crippen molar-refractivity contribution < 1.29 is 37.0 Å². The molecule has 2 N–H and O–H groups in total. The molecule has 0 bridgehead atoms. The van der Waals surface area contributed by atoms with Gasteiger partial charge in [-0.3, -0.25) is 5.21 Å². The molecule has 0 aromatic heterocycles. The Bertz CT molecular complexity index is 1010. The fourth-order valence-corrected chi connectivity index (χ4v) is 4.62.